The van der Waals surface area contributed by atoms with Crippen LogP contribution in [-0.4, -0.2) is 27.5 Å². The summed E-state index contributed by atoms with van der Waals surface area (Å²) in [7, 11) is 0. The van der Waals surface area contributed by atoms with Crippen LogP contribution in [0.5, 0.6) is 0 Å². The number of benzene rings is 2. The summed E-state index contributed by atoms with van der Waals surface area (Å²) >= 11 is 1.23. The fourth-order valence-corrected chi connectivity index (χ4v) is 2.94. The molecule has 2 amide bonds. The maximum absolute atomic E-state index is 12.0. The smallest absolute Gasteiger partial charge is 0.270 e. The molecule has 0 bridgehead atoms. The Labute approximate surface area is 158 Å². The first kappa shape index (κ1) is 18.3. The first-order valence-electron chi connectivity index (χ1n) is 7.85. The zero-order valence-electron chi connectivity index (χ0n) is 13.9. The summed E-state index contributed by atoms with van der Waals surface area (Å²) in [5.74, 6) is -1.00. The number of amides is 2. The number of hydrogen-bond acceptors (Lipinski definition) is 6. The van der Waals surface area contributed by atoms with E-state index in [0.29, 0.717) is 5.03 Å². The van der Waals surface area contributed by atoms with Crippen LogP contribution in [0.25, 0.3) is 10.9 Å². The van der Waals surface area contributed by atoms with Crippen molar-refractivity contribution in [2.75, 3.05) is 5.75 Å². The molecule has 0 unspecified atom stereocenters. The molecule has 0 fully saturated rings. The Bertz CT molecular complexity index is 1020. The second-order valence-corrected chi connectivity index (χ2v) is 6.44. The molecule has 8 nitrogen and oxygen atoms in total. The number of carbonyl (C=O) groups is 2. The minimum absolute atomic E-state index is 0.0561. The number of fused-ring (bicyclic) bond motifs is 1. The minimum atomic E-state index is -0.638. The lowest BCUT2D eigenvalue weighted by atomic mass is 10.2. The Morgan fingerprint density at radius 3 is 2.67 bits per heavy atom. The lowest BCUT2D eigenvalue weighted by molar-refractivity contribution is -0.384. The zero-order chi connectivity index (χ0) is 19.2. The summed E-state index contributed by atoms with van der Waals surface area (Å²) < 4.78 is 0. The topological polar surface area (TPSA) is 114 Å². The maximum Gasteiger partial charge on any atom is 0.270 e. The molecule has 3 aromatic rings. The van der Waals surface area contributed by atoms with Gasteiger partial charge < -0.3 is 0 Å². The number of rotatable bonds is 5. The summed E-state index contributed by atoms with van der Waals surface area (Å²) in [5, 5.41) is 12.4. The molecule has 2 aromatic carbocycles. The number of para-hydroxylation sites is 1. The molecule has 1 heterocycles. The van der Waals surface area contributed by atoms with Gasteiger partial charge in [-0.1, -0.05) is 42.1 Å². The lowest BCUT2D eigenvalue weighted by Crippen LogP contribution is -2.42. The molecule has 0 radical (unpaired) electrons. The van der Waals surface area contributed by atoms with Crippen LogP contribution in [-0.2, 0) is 4.79 Å². The van der Waals surface area contributed by atoms with Crippen molar-refractivity contribution < 1.29 is 14.5 Å². The van der Waals surface area contributed by atoms with E-state index in [-0.39, 0.29) is 17.0 Å². The number of nitro groups is 1. The third-order valence-electron chi connectivity index (χ3n) is 3.56. The molecule has 0 aliphatic rings. The molecular weight excluding hydrogens is 368 g/mol. The standard InChI is InChI=1S/C18H14N4O4S/c23-16(11-27-17-9-8-12-4-1-2-7-15(12)19-17)20-21-18(24)13-5-3-6-14(10-13)22(25)26/h1-10H,11H2,(H,20,23)(H,21,24). The second kappa shape index (κ2) is 8.28. The fraction of sp³-hybridized carbons (Fsp3) is 0.0556. The predicted octanol–water partition coefficient (Wildman–Crippen LogP) is 2.70. The van der Waals surface area contributed by atoms with Gasteiger partial charge in [0.25, 0.3) is 11.6 Å². The summed E-state index contributed by atoms with van der Waals surface area (Å²) in [4.78, 5) is 38.5. The number of pyridine rings is 1. The first-order valence-corrected chi connectivity index (χ1v) is 8.84. The van der Waals surface area contributed by atoms with Crippen molar-refractivity contribution in [3.63, 3.8) is 0 Å². The SMILES string of the molecule is O=C(CSc1ccc2ccccc2n1)NNC(=O)c1cccc([N+](=O)[O-])c1. The number of nitrogens with one attached hydrogen (secondary N) is 2. The normalized spacial score (nSPS) is 10.4. The average molecular weight is 382 g/mol. The summed E-state index contributed by atoms with van der Waals surface area (Å²) in [5.41, 5.74) is 5.23. The molecule has 0 aliphatic heterocycles. The van der Waals surface area contributed by atoms with E-state index in [0.717, 1.165) is 17.0 Å². The lowest BCUT2D eigenvalue weighted by Gasteiger charge is -2.07. The van der Waals surface area contributed by atoms with Gasteiger partial charge >= 0.3 is 0 Å². The molecule has 0 spiro atoms. The molecule has 136 valence electrons. The monoisotopic (exact) mass is 382 g/mol. The van der Waals surface area contributed by atoms with Gasteiger partial charge in [-0.2, -0.15) is 0 Å². The van der Waals surface area contributed by atoms with E-state index in [2.05, 4.69) is 15.8 Å². The molecular formula is C18H14N4O4S. The molecule has 0 aliphatic carbocycles. The maximum atomic E-state index is 12.0. The molecule has 27 heavy (non-hydrogen) atoms. The number of aromatic nitrogens is 1. The van der Waals surface area contributed by atoms with Gasteiger partial charge in [0.05, 0.1) is 21.2 Å². The Morgan fingerprint density at radius 1 is 1.04 bits per heavy atom. The molecule has 3 rings (SSSR count). The Morgan fingerprint density at radius 2 is 1.85 bits per heavy atom. The van der Waals surface area contributed by atoms with Gasteiger partial charge in [-0.3, -0.25) is 30.6 Å². The van der Waals surface area contributed by atoms with E-state index in [1.165, 1.54) is 30.0 Å². The number of thioether (sulfide) groups is 1. The number of hydrazine groups is 1. The van der Waals surface area contributed by atoms with Crippen molar-refractivity contribution in [1.29, 1.82) is 0 Å². The van der Waals surface area contributed by atoms with Crippen LogP contribution >= 0.6 is 11.8 Å². The molecule has 2 N–H and O–H groups in total. The Balaban J connectivity index is 1.52. The van der Waals surface area contributed by atoms with Gasteiger partial charge in [-0.25, -0.2) is 4.98 Å². The van der Waals surface area contributed by atoms with Gasteiger partial charge in [-0.15, -0.1) is 0 Å². The third-order valence-corrected chi connectivity index (χ3v) is 4.49. The summed E-state index contributed by atoms with van der Waals surface area (Å²) in [6.45, 7) is 0. The van der Waals surface area contributed by atoms with Crippen molar-refractivity contribution in [2.24, 2.45) is 0 Å². The Kier molecular flexibility index (Phi) is 5.62. The average Bonchev–Trinajstić information content (AvgIpc) is 2.70. The molecule has 0 atom stereocenters. The van der Waals surface area contributed by atoms with Crippen LogP contribution in [0.15, 0.2) is 65.7 Å². The Hall–Kier alpha value is -3.46. The highest BCUT2D eigenvalue weighted by molar-refractivity contribution is 7.99. The van der Waals surface area contributed by atoms with Crippen LogP contribution in [0.2, 0.25) is 0 Å². The molecule has 0 saturated heterocycles. The zero-order valence-corrected chi connectivity index (χ0v) is 14.7. The number of non-ortho nitro benzene ring substituents is 1. The van der Waals surface area contributed by atoms with E-state index in [1.807, 2.05) is 36.4 Å². The van der Waals surface area contributed by atoms with E-state index in [4.69, 9.17) is 0 Å². The van der Waals surface area contributed by atoms with E-state index in [9.17, 15) is 19.7 Å². The van der Waals surface area contributed by atoms with Crippen LogP contribution in [0.3, 0.4) is 0 Å². The second-order valence-electron chi connectivity index (χ2n) is 5.44. The summed E-state index contributed by atoms with van der Waals surface area (Å²) in [6, 6.07) is 16.6. The number of hydrogen-bond donors (Lipinski definition) is 2. The quantitative estimate of drug-likeness (QED) is 0.398. The minimum Gasteiger partial charge on any atom is -0.272 e. The van der Waals surface area contributed by atoms with Gasteiger partial charge in [0.2, 0.25) is 5.91 Å². The fourth-order valence-electron chi connectivity index (χ4n) is 2.26. The van der Waals surface area contributed by atoms with E-state index in [1.54, 1.807) is 0 Å². The van der Waals surface area contributed by atoms with Crippen LogP contribution in [0, 0.1) is 10.1 Å². The van der Waals surface area contributed by atoms with E-state index >= 15 is 0 Å². The van der Waals surface area contributed by atoms with Gasteiger partial charge in [0, 0.05) is 23.1 Å². The molecule has 0 saturated carbocycles. The number of nitrogens with zero attached hydrogens (tertiary/aromatic N) is 2. The molecule has 9 heteroatoms. The van der Waals surface area contributed by atoms with Crippen molar-refractivity contribution in [2.45, 2.75) is 5.03 Å². The van der Waals surface area contributed by atoms with Crippen molar-refractivity contribution >= 4 is 40.2 Å². The first-order chi connectivity index (χ1) is 13.0. The van der Waals surface area contributed by atoms with Crippen LogP contribution in [0.4, 0.5) is 5.69 Å². The van der Waals surface area contributed by atoms with Gasteiger partial charge in [0.1, 0.15) is 0 Å². The predicted molar refractivity (Wildman–Crippen MR) is 101 cm³/mol. The van der Waals surface area contributed by atoms with E-state index < -0.39 is 16.7 Å². The largest absolute Gasteiger partial charge is 0.272 e. The van der Waals surface area contributed by atoms with Gasteiger partial charge in [0.15, 0.2) is 0 Å². The molecule has 1 aromatic heterocycles. The van der Waals surface area contributed by atoms with Crippen LogP contribution < -0.4 is 10.9 Å². The van der Waals surface area contributed by atoms with Crippen molar-refractivity contribution in [1.82, 2.24) is 15.8 Å². The van der Waals surface area contributed by atoms with Crippen molar-refractivity contribution in [3.8, 4) is 0 Å². The highest BCUT2D eigenvalue weighted by atomic mass is 32.2. The van der Waals surface area contributed by atoms with Gasteiger partial charge in [-0.05, 0) is 18.2 Å². The van der Waals surface area contributed by atoms with Crippen molar-refractivity contribution in [3.05, 3.63) is 76.3 Å². The third kappa shape index (κ3) is 4.79. The highest BCUT2D eigenvalue weighted by Crippen LogP contribution is 2.19. The van der Waals surface area contributed by atoms with Crippen LogP contribution in [0.1, 0.15) is 10.4 Å². The number of carbonyl (C=O) groups excluding carboxylic acids is 2. The summed E-state index contributed by atoms with van der Waals surface area (Å²) in [6.07, 6.45) is 0. The number of nitro benzene ring substituents is 1. The highest BCUT2D eigenvalue weighted by Gasteiger charge is 2.12.